The van der Waals surface area contributed by atoms with Crippen LogP contribution in [0.15, 0.2) is 36.4 Å². The number of rotatable bonds is 4. The normalized spacial score (nSPS) is 12.0. The van der Waals surface area contributed by atoms with Gasteiger partial charge in [-0.1, -0.05) is 59.7 Å². The Bertz CT molecular complexity index is 827. The van der Waals surface area contributed by atoms with Crippen molar-refractivity contribution in [2.24, 2.45) is 0 Å². The van der Waals surface area contributed by atoms with Gasteiger partial charge >= 0.3 is 0 Å². The molecule has 4 heteroatoms. The van der Waals surface area contributed by atoms with E-state index in [4.69, 9.17) is 10.5 Å². The fraction of sp³-hybridized carbons (Fsp3) is 0.435. The van der Waals surface area contributed by atoms with Crippen molar-refractivity contribution in [3.63, 3.8) is 0 Å². The fourth-order valence-corrected chi connectivity index (χ4v) is 2.83. The molecule has 0 spiro atoms. The zero-order chi connectivity index (χ0) is 20.4. The molecule has 0 unspecified atom stereocenters. The van der Waals surface area contributed by atoms with Crippen LogP contribution in [0.25, 0.3) is 0 Å². The molecule has 0 atom stereocenters. The molecule has 1 amide bonds. The summed E-state index contributed by atoms with van der Waals surface area (Å²) < 4.78 is 5.89. The molecule has 0 aliphatic carbocycles. The maximum absolute atomic E-state index is 12.4. The van der Waals surface area contributed by atoms with Gasteiger partial charge in [0.1, 0.15) is 5.75 Å². The first-order valence-corrected chi connectivity index (χ1v) is 9.32. The van der Waals surface area contributed by atoms with Crippen molar-refractivity contribution in [3.05, 3.63) is 53.1 Å². The van der Waals surface area contributed by atoms with Crippen molar-refractivity contribution in [1.29, 1.82) is 0 Å². The second kappa shape index (κ2) is 7.63. The van der Waals surface area contributed by atoms with Crippen molar-refractivity contribution in [2.75, 3.05) is 17.7 Å². The summed E-state index contributed by atoms with van der Waals surface area (Å²) in [5.74, 6) is 0.540. The Morgan fingerprint density at radius 2 is 1.70 bits per heavy atom. The quantitative estimate of drug-likeness (QED) is 0.730. The number of anilines is 2. The number of carbonyl (C=O) groups is 1. The van der Waals surface area contributed by atoms with Gasteiger partial charge < -0.3 is 15.8 Å². The Hall–Kier alpha value is -2.49. The Morgan fingerprint density at radius 1 is 1.04 bits per heavy atom. The van der Waals surface area contributed by atoms with Crippen LogP contribution in [0, 0.1) is 6.92 Å². The van der Waals surface area contributed by atoms with Gasteiger partial charge in [-0.25, -0.2) is 0 Å². The summed E-state index contributed by atoms with van der Waals surface area (Å²) in [5.41, 5.74) is 10.4. The number of nitrogens with two attached hydrogens (primary N) is 1. The summed E-state index contributed by atoms with van der Waals surface area (Å²) in [6.45, 7) is 14.9. The van der Waals surface area contributed by atoms with E-state index >= 15 is 0 Å². The second-order valence-corrected chi connectivity index (χ2v) is 9.07. The van der Waals surface area contributed by atoms with Crippen molar-refractivity contribution >= 4 is 17.3 Å². The molecule has 0 aliphatic rings. The Labute approximate surface area is 163 Å². The highest BCUT2D eigenvalue weighted by molar-refractivity contribution is 5.93. The molecule has 0 heterocycles. The number of hydrogen-bond acceptors (Lipinski definition) is 3. The Morgan fingerprint density at radius 3 is 2.30 bits per heavy atom. The number of nitrogens with one attached hydrogen (secondary N) is 1. The van der Waals surface area contributed by atoms with E-state index in [0.717, 1.165) is 16.9 Å². The predicted octanol–water partition coefficient (Wildman–Crippen LogP) is 5.19. The summed E-state index contributed by atoms with van der Waals surface area (Å²) >= 11 is 0. The summed E-state index contributed by atoms with van der Waals surface area (Å²) in [7, 11) is 0. The van der Waals surface area contributed by atoms with Crippen LogP contribution < -0.4 is 15.8 Å². The van der Waals surface area contributed by atoms with Crippen LogP contribution in [0.5, 0.6) is 5.75 Å². The number of carbonyl (C=O) groups excluding carboxylic acids is 1. The lowest BCUT2D eigenvalue weighted by atomic mass is 9.80. The minimum atomic E-state index is -0.205. The molecule has 2 aromatic rings. The lowest BCUT2D eigenvalue weighted by molar-refractivity contribution is -0.118. The molecule has 0 fully saturated rings. The van der Waals surface area contributed by atoms with E-state index in [1.807, 2.05) is 31.2 Å². The van der Waals surface area contributed by atoms with E-state index in [-0.39, 0.29) is 23.3 Å². The van der Waals surface area contributed by atoms with Crippen LogP contribution in [0.1, 0.15) is 58.2 Å². The first-order valence-electron chi connectivity index (χ1n) is 9.32. The SMILES string of the molecule is Cc1c(N)cccc1NC(=O)COc1ccc(C(C)(C)C)cc1C(C)(C)C. The lowest BCUT2D eigenvalue weighted by Crippen LogP contribution is -2.23. The lowest BCUT2D eigenvalue weighted by Gasteiger charge is -2.27. The third-order valence-electron chi connectivity index (χ3n) is 4.66. The van der Waals surface area contributed by atoms with E-state index in [2.05, 4.69) is 59.0 Å². The summed E-state index contributed by atoms with van der Waals surface area (Å²) in [6.07, 6.45) is 0. The number of benzene rings is 2. The summed E-state index contributed by atoms with van der Waals surface area (Å²) in [5, 5.41) is 2.87. The monoisotopic (exact) mass is 368 g/mol. The highest BCUT2D eigenvalue weighted by atomic mass is 16.5. The van der Waals surface area contributed by atoms with Crippen LogP contribution in [0.3, 0.4) is 0 Å². The number of amides is 1. The van der Waals surface area contributed by atoms with E-state index in [9.17, 15) is 4.79 Å². The van der Waals surface area contributed by atoms with Crippen LogP contribution in [0.4, 0.5) is 11.4 Å². The molecule has 146 valence electrons. The zero-order valence-electron chi connectivity index (χ0n) is 17.6. The van der Waals surface area contributed by atoms with Gasteiger partial charge in [-0.05, 0) is 52.6 Å². The van der Waals surface area contributed by atoms with Gasteiger partial charge in [-0.15, -0.1) is 0 Å². The molecule has 0 saturated heterocycles. The molecular weight excluding hydrogens is 336 g/mol. The maximum atomic E-state index is 12.4. The predicted molar refractivity (Wildman–Crippen MR) is 114 cm³/mol. The van der Waals surface area contributed by atoms with Gasteiger partial charge in [-0.3, -0.25) is 4.79 Å². The van der Waals surface area contributed by atoms with E-state index < -0.39 is 0 Å². The maximum Gasteiger partial charge on any atom is 0.262 e. The van der Waals surface area contributed by atoms with Crippen LogP contribution >= 0.6 is 0 Å². The van der Waals surface area contributed by atoms with Crippen molar-refractivity contribution in [2.45, 2.75) is 59.3 Å². The average molecular weight is 369 g/mol. The summed E-state index contributed by atoms with van der Waals surface area (Å²) in [6, 6.07) is 11.7. The number of ether oxygens (including phenoxy) is 1. The summed E-state index contributed by atoms with van der Waals surface area (Å²) in [4.78, 5) is 12.4. The Kier molecular flexibility index (Phi) is 5.88. The molecule has 3 N–H and O–H groups in total. The van der Waals surface area contributed by atoms with Gasteiger partial charge in [0.25, 0.3) is 5.91 Å². The van der Waals surface area contributed by atoms with Gasteiger partial charge in [0, 0.05) is 11.4 Å². The highest BCUT2D eigenvalue weighted by Gasteiger charge is 2.23. The van der Waals surface area contributed by atoms with E-state index in [1.54, 1.807) is 0 Å². The van der Waals surface area contributed by atoms with Crippen molar-refractivity contribution in [3.8, 4) is 5.75 Å². The molecule has 0 radical (unpaired) electrons. The fourth-order valence-electron chi connectivity index (χ4n) is 2.83. The van der Waals surface area contributed by atoms with Gasteiger partial charge in [0.05, 0.1) is 0 Å². The van der Waals surface area contributed by atoms with Crippen LogP contribution in [-0.2, 0) is 15.6 Å². The molecule has 0 bridgehead atoms. The standard InChI is InChI=1S/C23H32N2O2/c1-15-18(24)9-8-10-19(15)25-21(26)14-27-20-12-11-16(22(2,3)4)13-17(20)23(5,6)7/h8-13H,14,24H2,1-7H3,(H,25,26). The highest BCUT2D eigenvalue weighted by Crippen LogP contribution is 2.35. The minimum Gasteiger partial charge on any atom is -0.483 e. The third kappa shape index (κ3) is 5.25. The molecule has 0 saturated carbocycles. The zero-order valence-corrected chi connectivity index (χ0v) is 17.6. The smallest absolute Gasteiger partial charge is 0.262 e. The second-order valence-electron chi connectivity index (χ2n) is 9.07. The minimum absolute atomic E-state index is 0.0494. The number of nitrogen functional groups attached to an aromatic ring is 1. The van der Waals surface area contributed by atoms with E-state index in [1.165, 1.54) is 5.56 Å². The molecular formula is C23H32N2O2. The van der Waals surface area contributed by atoms with Crippen LogP contribution in [-0.4, -0.2) is 12.5 Å². The van der Waals surface area contributed by atoms with E-state index in [0.29, 0.717) is 11.4 Å². The number of hydrogen-bond donors (Lipinski definition) is 2. The average Bonchev–Trinajstić information content (AvgIpc) is 2.55. The largest absolute Gasteiger partial charge is 0.483 e. The van der Waals surface area contributed by atoms with Crippen LogP contribution in [0.2, 0.25) is 0 Å². The Balaban J connectivity index is 2.17. The van der Waals surface area contributed by atoms with Gasteiger partial charge in [-0.2, -0.15) is 0 Å². The third-order valence-corrected chi connectivity index (χ3v) is 4.66. The van der Waals surface area contributed by atoms with Gasteiger partial charge in [0.15, 0.2) is 6.61 Å². The molecule has 4 nitrogen and oxygen atoms in total. The molecule has 0 aromatic heterocycles. The first-order chi connectivity index (χ1) is 12.4. The molecule has 2 aromatic carbocycles. The van der Waals surface area contributed by atoms with Gasteiger partial charge in [0.2, 0.25) is 0 Å². The molecule has 2 rings (SSSR count). The molecule has 27 heavy (non-hydrogen) atoms. The molecule has 0 aliphatic heterocycles. The topological polar surface area (TPSA) is 64.3 Å². The first kappa shape index (κ1) is 20.8. The van der Waals surface area contributed by atoms with Crippen molar-refractivity contribution < 1.29 is 9.53 Å². The van der Waals surface area contributed by atoms with Crippen molar-refractivity contribution in [1.82, 2.24) is 0 Å².